The van der Waals surface area contributed by atoms with Crippen LogP contribution < -0.4 is 5.32 Å². The zero-order chi connectivity index (χ0) is 19.1. The summed E-state index contributed by atoms with van der Waals surface area (Å²) < 4.78 is 0. The average molecular weight is 373 g/mol. The average Bonchev–Trinajstić information content (AvgIpc) is 2.69. The lowest BCUT2D eigenvalue weighted by Gasteiger charge is -2.38. The molecule has 1 N–H and O–H groups in total. The Hall–Kier alpha value is -1.59. The lowest BCUT2D eigenvalue weighted by molar-refractivity contribution is 0.110. The van der Waals surface area contributed by atoms with Crippen LogP contribution in [0.5, 0.6) is 0 Å². The van der Waals surface area contributed by atoms with Gasteiger partial charge in [-0.25, -0.2) is 4.79 Å². The van der Waals surface area contributed by atoms with Gasteiger partial charge in [-0.15, -0.1) is 0 Å². The highest BCUT2D eigenvalue weighted by molar-refractivity contribution is 5.74. The fraction of sp³-hybridized carbons (Fsp3) is 0.682. The molecule has 2 fully saturated rings. The van der Waals surface area contributed by atoms with Crippen LogP contribution in [0.15, 0.2) is 30.3 Å². The SMILES string of the molecule is CC(CCc1ccccc1)NC(=O)N1CCC(CN2CCN(C)CC2)CC1. The molecule has 0 saturated carbocycles. The van der Waals surface area contributed by atoms with Crippen LogP contribution >= 0.6 is 0 Å². The summed E-state index contributed by atoms with van der Waals surface area (Å²) in [4.78, 5) is 19.6. The Labute approximate surface area is 164 Å². The highest BCUT2D eigenvalue weighted by Gasteiger charge is 2.25. The van der Waals surface area contributed by atoms with E-state index in [1.54, 1.807) is 0 Å². The van der Waals surface area contributed by atoms with E-state index in [1.807, 2.05) is 11.0 Å². The number of urea groups is 1. The molecular weight excluding hydrogens is 336 g/mol. The van der Waals surface area contributed by atoms with Gasteiger partial charge in [-0.05, 0) is 51.1 Å². The first kappa shape index (κ1) is 20.2. The van der Waals surface area contributed by atoms with Gasteiger partial charge >= 0.3 is 6.03 Å². The second-order valence-electron chi connectivity index (χ2n) is 8.41. The maximum atomic E-state index is 12.6. The van der Waals surface area contributed by atoms with Gasteiger partial charge in [-0.1, -0.05) is 30.3 Å². The number of benzene rings is 1. The molecule has 3 rings (SSSR count). The number of rotatable bonds is 6. The van der Waals surface area contributed by atoms with E-state index in [-0.39, 0.29) is 12.1 Å². The van der Waals surface area contributed by atoms with E-state index < -0.39 is 0 Å². The molecule has 2 aliphatic rings. The van der Waals surface area contributed by atoms with Crippen molar-refractivity contribution >= 4 is 6.03 Å². The Bertz CT molecular complexity index is 563. The van der Waals surface area contributed by atoms with E-state index in [1.165, 1.54) is 38.3 Å². The second-order valence-corrected chi connectivity index (χ2v) is 8.41. The molecule has 1 aromatic rings. The first-order valence-corrected chi connectivity index (χ1v) is 10.6. The molecule has 1 unspecified atom stereocenters. The Morgan fingerprint density at radius 1 is 1.07 bits per heavy atom. The Morgan fingerprint density at radius 2 is 1.74 bits per heavy atom. The molecule has 0 spiro atoms. The molecule has 0 aliphatic carbocycles. The third-order valence-electron chi connectivity index (χ3n) is 6.09. The second kappa shape index (κ2) is 10.1. The van der Waals surface area contributed by atoms with Crippen LogP contribution in [-0.4, -0.2) is 79.6 Å². The number of carbonyl (C=O) groups is 1. The van der Waals surface area contributed by atoms with Crippen LogP contribution in [-0.2, 0) is 6.42 Å². The van der Waals surface area contributed by atoms with E-state index >= 15 is 0 Å². The van der Waals surface area contributed by atoms with Crippen molar-refractivity contribution in [2.24, 2.45) is 5.92 Å². The maximum absolute atomic E-state index is 12.6. The molecule has 0 radical (unpaired) electrons. The van der Waals surface area contributed by atoms with E-state index in [2.05, 4.69) is 53.4 Å². The van der Waals surface area contributed by atoms with Gasteiger partial charge in [0.05, 0.1) is 0 Å². The van der Waals surface area contributed by atoms with E-state index in [9.17, 15) is 4.79 Å². The number of piperazine rings is 1. The fourth-order valence-electron chi connectivity index (χ4n) is 4.12. The molecule has 2 heterocycles. The third kappa shape index (κ3) is 6.51. The zero-order valence-corrected chi connectivity index (χ0v) is 17.1. The molecule has 0 aromatic heterocycles. The molecule has 2 saturated heterocycles. The van der Waals surface area contributed by atoms with Crippen molar-refractivity contribution in [3.05, 3.63) is 35.9 Å². The minimum atomic E-state index is 0.119. The van der Waals surface area contributed by atoms with E-state index in [0.717, 1.165) is 44.7 Å². The first-order valence-electron chi connectivity index (χ1n) is 10.6. The van der Waals surface area contributed by atoms with Crippen molar-refractivity contribution in [1.82, 2.24) is 20.0 Å². The number of nitrogens with one attached hydrogen (secondary N) is 1. The summed E-state index contributed by atoms with van der Waals surface area (Å²) in [5, 5.41) is 3.19. The van der Waals surface area contributed by atoms with Gasteiger partial charge in [-0.3, -0.25) is 0 Å². The van der Waals surface area contributed by atoms with Crippen LogP contribution in [0.1, 0.15) is 31.7 Å². The Kier molecular flexibility index (Phi) is 7.53. The Morgan fingerprint density at radius 3 is 2.41 bits per heavy atom. The largest absolute Gasteiger partial charge is 0.336 e. The summed E-state index contributed by atoms with van der Waals surface area (Å²) in [7, 11) is 2.20. The molecule has 2 aliphatic heterocycles. The summed E-state index contributed by atoms with van der Waals surface area (Å²) >= 11 is 0. The van der Waals surface area contributed by atoms with Crippen LogP contribution in [0.3, 0.4) is 0 Å². The van der Waals surface area contributed by atoms with Gasteiger partial charge < -0.3 is 20.0 Å². The Balaban J connectivity index is 1.33. The molecule has 5 nitrogen and oxygen atoms in total. The zero-order valence-electron chi connectivity index (χ0n) is 17.1. The van der Waals surface area contributed by atoms with Crippen molar-refractivity contribution in [3.8, 4) is 0 Å². The quantitative estimate of drug-likeness (QED) is 0.834. The summed E-state index contributed by atoms with van der Waals surface area (Å²) in [6, 6.07) is 10.8. The van der Waals surface area contributed by atoms with Gasteiger partial charge in [-0.2, -0.15) is 0 Å². The monoisotopic (exact) mass is 372 g/mol. The van der Waals surface area contributed by atoms with Crippen LogP contribution in [0.25, 0.3) is 0 Å². The van der Waals surface area contributed by atoms with Crippen molar-refractivity contribution < 1.29 is 4.79 Å². The lowest BCUT2D eigenvalue weighted by atomic mass is 9.96. The standard InChI is InChI=1S/C22H36N4O/c1-19(8-9-20-6-4-3-5-7-20)23-22(27)26-12-10-21(11-13-26)18-25-16-14-24(2)15-17-25/h3-7,19,21H,8-18H2,1-2H3,(H,23,27). The summed E-state index contributed by atoms with van der Waals surface area (Å²) in [5.74, 6) is 0.743. The summed E-state index contributed by atoms with van der Waals surface area (Å²) in [5.41, 5.74) is 1.34. The number of nitrogens with zero attached hydrogens (tertiary/aromatic N) is 3. The minimum Gasteiger partial charge on any atom is -0.336 e. The molecule has 0 bridgehead atoms. The van der Waals surface area contributed by atoms with Crippen molar-refractivity contribution in [2.75, 3.05) is 52.9 Å². The number of hydrogen-bond donors (Lipinski definition) is 1. The van der Waals surface area contributed by atoms with Crippen molar-refractivity contribution in [3.63, 3.8) is 0 Å². The fourth-order valence-corrected chi connectivity index (χ4v) is 4.12. The molecular formula is C22H36N4O. The number of aryl methyl sites for hydroxylation is 1. The number of likely N-dealkylation sites (tertiary alicyclic amines) is 1. The van der Waals surface area contributed by atoms with Gasteiger partial charge in [0.2, 0.25) is 0 Å². The van der Waals surface area contributed by atoms with Crippen LogP contribution in [0, 0.1) is 5.92 Å². The van der Waals surface area contributed by atoms with E-state index in [4.69, 9.17) is 0 Å². The van der Waals surface area contributed by atoms with Crippen LogP contribution in [0.4, 0.5) is 4.79 Å². The van der Waals surface area contributed by atoms with E-state index in [0.29, 0.717) is 0 Å². The predicted molar refractivity (Wildman–Crippen MR) is 111 cm³/mol. The van der Waals surface area contributed by atoms with Gasteiger partial charge in [0.25, 0.3) is 0 Å². The topological polar surface area (TPSA) is 38.8 Å². The van der Waals surface area contributed by atoms with Gasteiger partial charge in [0.1, 0.15) is 0 Å². The molecule has 1 atom stereocenters. The van der Waals surface area contributed by atoms with Gasteiger partial charge in [0, 0.05) is 51.9 Å². The lowest BCUT2D eigenvalue weighted by Crippen LogP contribution is -2.50. The number of likely N-dealkylation sites (N-methyl/N-ethyl adjacent to an activating group) is 1. The molecule has 150 valence electrons. The van der Waals surface area contributed by atoms with Crippen LogP contribution in [0.2, 0.25) is 0 Å². The predicted octanol–water partition coefficient (Wildman–Crippen LogP) is 2.68. The highest BCUT2D eigenvalue weighted by Crippen LogP contribution is 2.19. The minimum absolute atomic E-state index is 0.119. The molecule has 1 aromatic carbocycles. The molecule has 5 heteroatoms. The number of carbonyl (C=O) groups excluding carboxylic acids is 1. The number of piperidine rings is 1. The van der Waals surface area contributed by atoms with Gasteiger partial charge in [0.15, 0.2) is 0 Å². The van der Waals surface area contributed by atoms with Crippen molar-refractivity contribution in [1.29, 1.82) is 0 Å². The molecule has 2 amide bonds. The normalized spacial score (nSPS) is 21.2. The summed E-state index contributed by atoms with van der Waals surface area (Å²) in [6.07, 6.45) is 4.27. The first-order chi connectivity index (χ1) is 13.1. The smallest absolute Gasteiger partial charge is 0.317 e. The van der Waals surface area contributed by atoms with Crippen molar-refractivity contribution in [2.45, 2.75) is 38.6 Å². The summed E-state index contributed by atoms with van der Waals surface area (Å²) in [6.45, 7) is 9.86. The number of hydrogen-bond acceptors (Lipinski definition) is 3. The molecule has 27 heavy (non-hydrogen) atoms. The number of amides is 2. The highest BCUT2D eigenvalue weighted by atomic mass is 16.2. The third-order valence-corrected chi connectivity index (χ3v) is 6.09. The maximum Gasteiger partial charge on any atom is 0.317 e.